The molecule has 0 aliphatic carbocycles. The lowest BCUT2D eigenvalue weighted by Crippen LogP contribution is -2.01. The zero-order valence-electron chi connectivity index (χ0n) is 4.78. The van der Waals surface area contributed by atoms with E-state index in [1.807, 2.05) is 17.6 Å². The highest BCUT2D eigenvalue weighted by molar-refractivity contribution is 7.97. The summed E-state index contributed by atoms with van der Waals surface area (Å²) >= 11 is -0.537. The van der Waals surface area contributed by atoms with Gasteiger partial charge in [-0.25, -0.2) is 0 Å². The molecule has 1 unspecified atom stereocenters. The van der Waals surface area contributed by atoms with Crippen LogP contribution in [-0.2, 0) is 15.4 Å². The van der Waals surface area contributed by atoms with E-state index in [1.54, 1.807) is 12.3 Å². The van der Waals surface area contributed by atoms with Crippen LogP contribution in [0.25, 0.3) is 0 Å². The second-order valence-electron chi connectivity index (χ2n) is 1.46. The molecule has 1 heterocycles. The summed E-state index contributed by atoms with van der Waals surface area (Å²) in [5.41, 5.74) is 0. The summed E-state index contributed by atoms with van der Waals surface area (Å²) in [5.74, 6) is 0.712. The molecule has 1 aliphatic heterocycles. The summed E-state index contributed by atoms with van der Waals surface area (Å²) in [6.07, 6.45) is 7.14. The van der Waals surface area contributed by atoms with Gasteiger partial charge in [-0.1, -0.05) is 6.08 Å². The Labute approximate surface area is 57.0 Å². The van der Waals surface area contributed by atoms with Crippen LogP contribution in [0.2, 0.25) is 0 Å². The van der Waals surface area contributed by atoms with Gasteiger partial charge in [0.1, 0.15) is 0 Å². The first-order valence-electron chi connectivity index (χ1n) is 2.53. The Morgan fingerprint density at radius 3 is 3.22 bits per heavy atom. The molecule has 0 saturated heterocycles. The van der Waals surface area contributed by atoms with E-state index >= 15 is 0 Å². The minimum atomic E-state index is -0.537. The van der Waals surface area contributed by atoms with E-state index in [2.05, 4.69) is 0 Å². The van der Waals surface area contributed by atoms with E-state index in [4.69, 9.17) is 9.44 Å². The van der Waals surface area contributed by atoms with Crippen LogP contribution < -0.4 is 0 Å². The van der Waals surface area contributed by atoms with Crippen LogP contribution in [0.5, 0.6) is 0 Å². The SMILES string of the molecule is N#C[S+]1CC=CC=CO1. The van der Waals surface area contributed by atoms with Gasteiger partial charge in [-0.15, -0.1) is 5.26 Å². The lowest BCUT2D eigenvalue weighted by atomic mass is 10.5. The van der Waals surface area contributed by atoms with Crippen LogP contribution in [0.15, 0.2) is 24.5 Å². The molecule has 0 N–H and O–H groups in total. The van der Waals surface area contributed by atoms with Gasteiger partial charge in [0.15, 0.2) is 12.0 Å². The molecule has 0 bridgehead atoms. The molecule has 0 aromatic heterocycles. The maximum absolute atomic E-state index is 8.39. The summed E-state index contributed by atoms with van der Waals surface area (Å²) in [6.45, 7) is 0. The average Bonchev–Trinajstić information content (AvgIpc) is 2.13. The number of nitriles is 1. The summed E-state index contributed by atoms with van der Waals surface area (Å²) < 4.78 is 4.98. The average molecular weight is 140 g/mol. The second kappa shape index (κ2) is 3.21. The molecule has 9 heavy (non-hydrogen) atoms. The number of thiocyanates is 1. The zero-order valence-corrected chi connectivity index (χ0v) is 5.60. The van der Waals surface area contributed by atoms with E-state index in [1.165, 1.54) is 0 Å². The van der Waals surface area contributed by atoms with E-state index in [-0.39, 0.29) is 0 Å². The lowest BCUT2D eigenvalue weighted by Gasteiger charge is -1.85. The van der Waals surface area contributed by atoms with Gasteiger partial charge >= 0.3 is 16.6 Å². The molecule has 2 nitrogen and oxygen atoms in total. The Morgan fingerprint density at radius 2 is 2.44 bits per heavy atom. The molecular weight excluding hydrogens is 134 g/mol. The van der Waals surface area contributed by atoms with Crippen LogP contribution >= 0.6 is 0 Å². The number of hydrogen-bond donors (Lipinski definition) is 0. The van der Waals surface area contributed by atoms with Gasteiger partial charge in [-0.05, 0) is 12.2 Å². The number of nitrogens with zero attached hydrogens (tertiary/aromatic N) is 1. The first kappa shape index (κ1) is 6.24. The van der Waals surface area contributed by atoms with E-state index in [9.17, 15) is 0 Å². The minimum absolute atomic E-state index is 0.537. The third-order valence-corrected chi connectivity index (χ3v) is 1.89. The fourth-order valence-electron chi connectivity index (χ4n) is 0.464. The fraction of sp³-hybridized carbons (Fsp3) is 0.167. The minimum Gasteiger partial charge on any atom is -0.275 e. The van der Waals surface area contributed by atoms with Crippen molar-refractivity contribution < 1.29 is 4.18 Å². The molecule has 1 aliphatic rings. The molecule has 1 rings (SSSR count). The molecule has 3 heteroatoms. The van der Waals surface area contributed by atoms with Gasteiger partial charge in [0.2, 0.25) is 0 Å². The molecule has 0 radical (unpaired) electrons. The maximum atomic E-state index is 8.39. The Hall–Kier alpha value is -0.880. The molecule has 0 aromatic rings. The Kier molecular flexibility index (Phi) is 2.22. The molecule has 0 fully saturated rings. The van der Waals surface area contributed by atoms with Crippen molar-refractivity contribution >= 4 is 11.2 Å². The number of rotatable bonds is 0. The monoisotopic (exact) mass is 140 g/mol. The van der Waals surface area contributed by atoms with Gasteiger partial charge in [-0.3, -0.25) is 4.18 Å². The van der Waals surface area contributed by atoms with E-state index < -0.39 is 11.2 Å². The van der Waals surface area contributed by atoms with Crippen molar-refractivity contribution in [3.63, 3.8) is 0 Å². The van der Waals surface area contributed by atoms with Crippen molar-refractivity contribution in [1.29, 1.82) is 5.26 Å². The van der Waals surface area contributed by atoms with Gasteiger partial charge in [0.25, 0.3) is 0 Å². The maximum Gasteiger partial charge on any atom is 0.368 e. The lowest BCUT2D eigenvalue weighted by molar-refractivity contribution is 0.557. The highest BCUT2D eigenvalue weighted by atomic mass is 32.2. The predicted octanol–water partition coefficient (Wildman–Crippen LogP) is 1.10. The standard InChI is InChI=1S/C6H6NOS/c7-6-9-5-3-1-2-4-8-9/h1-4H,5H2/q+1. The topological polar surface area (TPSA) is 33.0 Å². The molecule has 46 valence electrons. The van der Waals surface area contributed by atoms with Crippen LogP contribution in [0.4, 0.5) is 0 Å². The zero-order chi connectivity index (χ0) is 6.53. The first-order valence-corrected chi connectivity index (χ1v) is 3.85. The Morgan fingerprint density at radius 1 is 1.56 bits per heavy atom. The number of allylic oxidation sites excluding steroid dienone is 2. The predicted molar refractivity (Wildman–Crippen MR) is 37.2 cm³/mol. The Bertz CT molecular complexity index is 166. The van der Waals surface area contributed by atoms with Gasteiger partial charge in [-0.2, -0.15) is 0 Å². The van der Waals surface area contributed by atoms with Crippen molar-refractivity contribution in [1.82, 2.24) is 0 Å². The summed E-state index contributed by atoms with van der Waals surface area (Å²) in [5, 5.41) is 10.4. The van der Waals surface area contributed by atoms with Crippen LogP contribution in [0, 0.1) is 10.7 Å². The van der Waals surface area contributed by atoms with Gasteiger partial charge in [0, 0.05) is 0 Å². The first-order chi connectivity index (χ1) is 4.43. The highest BCUT2D eigenvalue weighted by Gasteiger charge is 2.17. The largest absolute Gasteiger partial charge is 0.368 e. The van der Waals surface area contributed by atoms with Crippen molar-refractivity contribution in [3.05, 3.63) is 24.5 Å². The molecule has 0 saturated carbocycles. The second-order valence-corrected chi connectivity index (χ2v) is 2.86. The van der Waals surface area contributed by atoms with Gasteiger partial charge in [0.05, 0.1) is 0 Å². The third-order valence-electron chi connectivity index (χ3n) is 0.847. The van der Waals surface area contributed by atoms with E-state index in [0.717, 1.165) is 0 Å². The molecule has 0 aromatic carbocycles. The van der Waals surface area contributed by atoms with Crippen LogP contribution in [-0.4, -0.2) is 5.75 Å². The third kappa shape index (κ3) is 1.82. The van der Waals surface area contributed by atoms with Crippen molar-refractivity contribution in [3.8, 4) is 5.40 Å². The summed E-state index contributed by atoms with van der Waals surface area (Å²) in [6, 6.07) is 0. The summed E-state index contributed by atoms with van der Waals surface area (Å²) in [4.78, 5) is 0. The Balaban J connectivity index is 2.53. The van der Waals surface area contributed by atoms with Crippen LogP contribution in [0.3, 0.4) is 0 Å². The highest BCUT2D eigenvalue weighted by Crippen LogP contribution is 2.02. The molecule has 0 spiro atoms. The smallest absolute Gasteiger partial charge is 0.275 e. The summed E-state index contributed by atoms with van der Waals surface area (Å²) in [7, 11) is 0. The van der Waals surface area contributed by atoms with Gasteiger partial charge < -0.3 is 0 Å². The van der Waals surface area contributed by atoms with E-state index in [0.29, 0.717) is 5.75 Å². The normalized spacial score (nSPS) is 24.1. The van der Waals surface area contributed by atoms with Crippen molar-refractivity contribution in [2.24, 2.45) is 0 Å². The van der Waals surface area contributed by atoms with Crippen molar-refractivity contribution in [2.75, 3.05) is 5.75 Å². The molecular formula is C6H6NOS+. The number of hydrogen-bond acceptors (Lipinski definition) is 2. The van der Waals surface area contributed by atoms with Crippen molar-refractivity contribution in [2.45, 2.75) is 0 Å². The van der Waals surface area contributed by atoms with Crippen LogP contribution in [0.1, 0.15) is 0 Å². The molecule has 1 atom stereocenters. The molecule has 0 amide bonds. The quantitative estimate of drug-likeness (QED) is 0.373. The fourth-order valence-corrected chi connectivity index (χ4v) is 1.14.